The van der Waals surface area contributed by atoms with Crippen molar-refractivity contribution in [3.8, 4) is 17.8 Å². The molecule has 106 valence electrons. The van der Waals surface area contributed by atoms with Gasteiger partial charge in [0.1, 0.15) is 0 Å². The van der Waals surface area contributed by atoms with E-state index in [1.807, 2.05) is 28.7 Å². The fraction of sp³-hybridized carbons (Fsp3) is 0.0833. The van der Waals surface area contributed by atoms with E-state index in [9.17, 15) is 10.1 Å². The Hall–Kier alpha value is -2.32. The van der Waals surface area contributed by atoms with Gasteiger partial charge >= 0.3 is 11.7 Å². The van der Waals surface area contributed by atoms with Crippen LogP contribution in [0.25, 0.3) is 0 Å². The van der Waals surface area contributed by atoms with Crippen LogP contribution >= 0.6 is 22.6 Å². The summed E-state index contributed by atoms with van der Waals surface area (Å²) in [5.41, 5.74) is 0.314. The fourth-order valence-corrected chi connectivity index (χ4v) is 2.17. The van der Waals surface area contributed by atoms with Gasteiger partial charge in [-0.05, 0) is 28.7 Å². The molecule has 0 aliphatic heterocycles. The van der Waals surface area contributed by atoms with E-state index in [1.165, 1.54) is 18.5 Å². The Balaban J connectivity index is 2.43. The summed E-state index contributed by atoms with van der Waals surface area (Å²) in [6.45, 7) is -0.213. The summed E-state index contributed by atoms with van der Waals surface area (Å²) >= 11 is 1.83. The number of nitrogens with zero attached hydrogens (tertiary/aromatic N) is 4. The lowest BCUT2D eigenvalue weighted by Gasteiger charge is -2.07. The summed E-state index contributed by atoms with van der Waals surface area (Å²) in [7, 11) is 0. The topological polar surface area (TPSA) is 122 Å². The van der Waals surface area contributed by atoms with Crippen molar-refractivity contribution in [3.05, 3.63) is 49.3 Å². The number of hydrogen-bond acceptors (Lipinski definition) is 7. The lowest BCUT2D eigenvalue weighted by atomic mass is 10.2. The first-order chi connectivity index (χ1) is 10.0. The van der Waals surface area contributed by atoms with E-state index in [0.717, 1.165) is 6.07 Å². The van der Waals surface area contributed by atoms with Crippen molar-refractivity contribution in [3.63, 3.8) is 0 Å². The molecule has 0 aliphatic carbocycles. The second kappa shape index (κ2) is 6.42. The molecule has 9 heteroatoms. The minimum atomic E-state index is -0.638. The average molecular weight is 398 g/mol. The van der Waals surface area contributed by atoms with Crippen LogP contribution in [-0.2, 0) is 6.61 Å². The summed E-state index contributed by atoms with van der Waals surface area (Å²) in [5.74, 6) is -0.0312. The predicted octanol–water partition coefficient (Wildman–Crippen LogP) is 2.15. The molecule has 2 aromatic rings. The van der Waals surface area contributed by atoms with E-state index >= 15 is 0 Å². The maximum Gasteiger partial charge on any atom is 0.322 e. The molecule has 0 fully saturated rings. The molecule has 1 N–H and O–H groups in total. The van der Waals surface area contributed by atoms with Gasteiger partial charge in [-0.2, -0.15) is 5.26 Å². The van der Waals surface area contributed by atoms with Crippen molar-refractivity contribution in [2.24, 2.45) is 0 Å². The van der Waals surface area contributed by atoms with Gasteiger partial charge in [-0.25, -0.2) is 9.97 Å². The van der Waals surface area contributed by atoms with Gasteiger partial charge in [-0.15, -0.1) is 0 Å². The van der Waals surface area contributed by atoms with Gasteiger partial charge in [-0.1, -0.05) is 0 Å². The van der Waals surface area contributed by atoms with E-state index in [2.05, 4.69) is 9.97 Å². The van der Waals surface area contributed by atoms with Crippen LogP contribution in [0, 0.1) is 25.0 Å². The first kappa shape index (κ1) is 15.1. The zero-order valence-electron chi connectivity index (χ0n) is 10.4. The highest BCUT2D eigenvalue weighted by Gasteiger charge is 2.22. The molecule has 2 rings (SSSR count). The minimum Gasteiger partial charge on any atom is -0.416 e. The molecule has 0 amide bonds. The number of nitriles is 1. The molecule has 0 saturated heterocycles. The maximum atomic E-state index is 11.1. The number of nitro groups is 1. The zero-order chi connectivity index (χ0) is 15.4. The number of rotatable bonds is 4. The van der Waals surface area contributed by atoms with Crippen LogP contribution in [0.4, 0.5) is 5.69 Å². The number of halogens is 1. The third-order valence-corrected chi connectivity index (χ3v) is 3.21. The standard InChI is InChI=1S/C12H7IN4O4/c13-9-1-7(3-14)2-10(17(19)20)11(9)21-12-15-4-8(6-18)5-16-12/h1-2,4-5,18H,6H2. The SMILES string of the molecule is N#Cc1cc(I)c(Oc2ncc(CO)cn2)c([N+](=O)[O-])c1. The van der Waals surface area contributed by atoms with E-state index in [4.69, 9.17) is 15.1 Å². The zero-order valence-corrected chi connectivity index (χ0v) is 12.5. The number of aliphatic hydroxyl groups is 1. The highest BCUT2D eigenvalue weighted by Crippen LogP contribution is 2.35. The maximum absolute atomic E-state index is 11.1. The van der Waals surface area contributed by atoms with Crippen LogP contribution in [0.2, 0.25) is 0 Å². The summed E-state index contributed by atoms with van der Waals surface area (Å²) in [6.07, 6.45) is 2.70. The van der Waals surface area contributed by atoms with Crippen molar-refractivity contribution in [2.45, 2.75) is 6.61 Å². The monoisotopic (exact) mass is 398 g/mol. The molecular weight excluding hydrogens is 391 g/mol. The Morgan fingerprint density at radius 3 is 2.62 bits per heavy atom. The highest BCUT2D eigenvalue weighted by atomic mass is 127. The molecule has 0 atom stereocenters. The van der Waals surface area contributed by atoms with E-state index < -0.39 is 4.92 Å². The molecular formula is C12H7IN4O4. The Labute approximate surface area is 132 Å². The normalized spacial score (nSPS) is 9.95. The van der Waals surface area contributed by atoms with Gasteiger partial charge in [-0.3, -0.25) is 10.1 Å². The summed E-state index contributed by atoms with van der Waals surface area (Å²) < 4.78 is 5.73. The van der Waals surface area contributed by atoms with Crippen LogP contribution in [0.1, 0.15) is 11.1 Å². The summed E-state index contributed by atoms with van der Waals surface area (Å²) in [5, 5.41) is 28.8. The molecule has 8 nitrogen and oxygen atoms in total. The first-order valence-electron chi connectivity index (χ1n) is 5.53. The molecule has 0 aliphatic rings. The van der Waals surface area contributed by atoms with Gasteiger partial charge < -0.3 is 9.84 Å². The smallest absolute Gasteiger partial charge is 0.322 e. The van der Waals surface area contributed by atoms with Crippen molar-refractivity contribution in [1.82, 2.24) is 9.97 Å². The number of benzene rings is 1. The first-order valence-corrected chi connectivity index (χ1v) is 6.60. The third-order valence-electron chi connectivity index (χ3n) is 2.41. The molecule has 21 heavy (non-hydrogen) atoms. The van der Waals surface area contributed by atoms with Gasteiger partial charge in [0.2, 0.25) is 5.75 Å². The van der Waals surface area contributed by atoms with Gasteiger partial charge in [0.25, 0.3) is 0 Å². The van der Waals surface area contributed by atoms with Crippen molar-refractivity contribution in [2.75, 3.05) is 0 Å². The quantitative estimate of drug-likeness (QED) is 0.476. The van der Waals surface area contributed by atoms with E-state index in [0.29, 0.717) is 9.13 Å². The largest absolute Gasteiger partial charge is 0.416 e. The number of hydrogen-bond donors (Lipinski definition) is 1. The van der Waals surface area contributed by atoms with Crippen molar-refractivity contribution in [1.29, 1.82) is 5.26 Å². The predicted molar refractivity (Wildman–Crippen MR) is 78.6 cm³/mol. The van der Waals surface area contributed by atoms with Gasteiger partial charge in [0.05, 0.1) is 26.7 Å². The minimum absolute atomic E-state index is 0.0312. The second-order valence-corrected chi connectivity index (χ2v) is 4.97. The lowest BCUT2D eigenvalue weighted by Crippen LogP contribution is -2.00. The molecule has 0 spiro atoms. The Bertz CT molecular complexity index is 727. The van der Waals surface area contributed by atoms with Crippen molar-refractivity contribution < 1.29 is 14.8 Å². The molecule has 1 aromatic heterocycles. The molecule has 0 bridgehead atoms. The third kappa shape index (κ3) is 3.41. The van der Waals surface area contributed by atoms with Crippen LogP contribution in [0.3, 0.4) is 0 Å². The Morgan fingerprint density at radius 1 is 1.43 bits per heavy atom. The molecule has 1 heterocycles. The average Bonchev–Trinajstić information content (AvgIpc) is 2.49. The molecule has 0 radical (unpaired) electrons. The number of aromatic nitrogens is 2. The van der Waals surface area contributed by atoms with Crippen LogP contribution in [-0.4, -0.2) is 20.0 Å². The summed E-state index contributed by atoms with van der Waals surface area (Å²) in [6, 6.07) is 4.35. The second-order valence-electron chi connectivity index (χ2n) is 3.81. The number of aliphatic hydroxyl groups excluding tert-OH is 1. The van der Waals surface area contributed by atoms with Gasteiger partial charge in [0.15, 0.2) is 0 Å². The highest BCUT2D eigenvalue weighted by molar-refractivity contribution is 14.1. The van der Waals surface area contributed by atoms with Crippen LogP contribution in [0.5, 0.6) is 11.8 Å². The van der Waals surface area contributed by atoms with Crippen molar-refractivity contribution >= 4 is 28.3 Å². The van der Waals surface area contributed by atoms with Gasteiger partial charge in [0, 0.05) is 24.0 Å². The van der Waals surface area contributed by atoms with Crippen LogP contribution < -0.4 is 4.74 Å². The van der Waals surface area contributed by atoms with Crippen LogP contribution in [0.15, 0.2) is 24.5 Å². The number of ether oxygens (including phenoxy) is 1. The van der Waals surface area contributed by atoms with E-state index in [-0.39, 0.29) is 29.6 Å². The Kier molecular flexibility index (Phi) is 4.61. The fourth-order valence-electron chi connectivity index (χ4n) is 1.45. The summed E-state index contributed by atoms with van der Waals surface area (Å²) in [4.78, 5) is 18.1. The molecule has 1 aromatic carbocycles. The lowest BCUT2D eigenvalue weighted by molar-refractivity contribution is -0.385. The van der Waals surface area contributed by atoms with E-state index in [1.54, 1.807) is 0 Å². The molecule has 0 unspecified atom stereocenters. The number of nitro benzene ring substituents is 1. The molecule has 0 saturated carbocycles. The Morgan fingerprint density at radius 2 is 2.10 bits per heavy atom.